The van der Waals surface area contributed by atoms with E-state index in [1.165, 1.54) is 13.0 Å². The van der Waals surface area contributed by atoms with E-state index in [0.717, 1.165) is 25.9 Å². The molecule has 0 aromatic carbocycles. The average molecular weight is 212 g/mol. The second kappa shape index (κ2) is 4.10. The van der Waals surface area contributed by atoms with Crippen LogP contribution in [0.1, 0.15) is 19.3 Å². The summed E-state index contributed by atoms with van der Waals surface area (Å²) in [7, 11) is 2.14. The van der Waals surface area contributed by atoms with Crippen molar-refractivity contribution < 1.29 is 9.90 Å². The highest BCUT2D eigenvalue weighted by Crippen LogP contribution is 2.45. The van der Waals surface area contributed by atoms with Crippen LogP contribution in [-0.2, 0) is 4.79 Å². The van der Waals surface area contributed by atoms with Gasteiger partial charge in [0.05, 0.1) is 5.41 Å². The van der Waals surface area contributed by atoms with Crippen molar-refractivity contribution in [2.24, 2.45) is 11.3 Å². The van der Waals surface area contributed by atoms with Crippen LogP contribution < -0.4 is 5.32 Å². The number of nitrogens with one attached hydrogen (secondary N) is 1. The van der Waals surface area contributed by atoms with Crippen molar-refractivity contribution in [1.82, 2.24) is 10.2 Å². The maximum atomic E-state index is 10.9. The third-order valence-electron chi connectivity index (χ3n) is 3.69. The second-order valence-corrected chi connectivity index (χ2v) is 5.13. The zero-order valence-electron chi connectivity index (χ0n) is 9.33. The monoisotopic (exact) mass is 212 g/mol. The van der Waals surface area contributed by atoms with Crippen LogP contribution in [0.15, 0.2) is 0 Å². The normalized spacial score (nSPS) is 29.3. The van der Waals surface area contributed by atoms with Crippen molar-refractivity contribution in [3.8, 4) is 0 Å². The van der Waals surface area contributed by atoms with Crippen LogP contribution in [0.2, 0.25) is 0 Å². The topological polar surface area (TPSA) is 52.6 Å². The van der Waals surface area contributed by atoms with Crippen molar-refractivity contribution in [1.29, 1.82) is 0 Å². The number of carbonyl (C=O) groups is 1. The highest BCUT2D eigenvalue weighted by molar-refractivity contribution is 5.78. The maximum absolute atomic E-state index is 10.9. The first-order valence-corrected chi connectivity index (χ1v) is 5.75. The number of carboxylic acid groups (broad SMARTS) is 1. The molecule has 1 aliphatic heterocycles. The van der Waals surface area contributed by atoms with Gasteiger partial charge in [-0.1, -0.05) is 0 Å². The highest BCUT2D eigenvalue weighted by atomic mass is 16.4. The van der Waals surface area contributed by atoms with E-state index in [2.05, 4.69) is 17.3 Å². The van der Waals surface area contributed by atoms with Gasteiger partial charge in [0, 0.05) is 13.1 Å². The summed E-state index contributed by atoms with van der Waals surface area (Å²) >= 11 is 0. The molecule has 2 N–H and O–H groups in total. The summed E-state index contributed by atoms with van der Waals surface area (Å²) in [6.45, 7) is 3.95. The van der Waals surface area contributed by atoms with E-state index in [1.54, 1.807) is 0 Å². The molecular formula is C11H20N2O2. The Morgan fingerprint density at radius 1 is 1.60 bits per heavy atom. The van der Waals surface area contributed by atoms with Gasteiger partial charge in [-0.3, -0.25) is 4.79 Å². The van der Waals surface area contributed by atoms with Crippen molar-refractivity contribution in [2.75, 3.05) is 33.2 Å². The number of hydrogen-bond donors (Lipinski definition) is 2. The van der Waals surface area contributed by atoms with Gasteiger partial charge < -0.3 is 15.3 Å². The SMILES string of the molecule is CN1CCC(CNCC2(C(=O)O)CC2)C1. The lowest BCUT2D eigenvalue weighted by Crippen LogP contribution is -2.33. The van der Waals surface area contributed by atoms with Crippen LogP contribution in [0.5, 0.6) is 0 Å². The number of nitrogens with zero attached hydrogens (tertiary/aromatic N) is 1. The number of hydrogen-bond acceptors (Lipinski definition) is 3. The number of rotatable bonds is 5. The van der Waals surface area contributed by atoms with Gasteiger partial charge in [0.25, 0.3) is 0 Å². The molecule has 4 nitrogen and oxygen atoms in total. The molecule has 1 aliphatic carbocycles. The smallest absolute Gasteiger partial charge is 0.310 e. The second-order valence-electron chi connectivity index (χ2n) is 5.13. The fourth-order valence-electron chi connectivity index (χ4n) is 2.33. The molecule has 1 saturated carbocycles. The number of likely N-dealkylation sites (tertiary alicyclic amines) is 1. The van der Waals surface area contributed by atoms with E-state index in [4.69, 9.17) is 5.11 Å². The van der Waals surface area contributed by atoms with Gasteiger partial charge in [-0.25, -0.2) is 0 Å². The van der Waals surface area contributed by atoms with Crippen LogP contribution >= 0.6 is 0 Å². The van der Waals surface area contributed by atoms with Gasteiger partial charge in [-0.05, 0) is 45.3 Å². The molecule has 15 heavy (non-hydrogen) atoms. The minimum Gasteiger partial charge on any atom is -0.481 e. The predicted molar refractivity (Wildman–Crippen MR) is 57.8 cm³/mol. The van der Waals surface area contributed by atoms with Crippen molar-refractivity contribution in [2.45, 2.75) is 19.3 Å². The predicted octanol–water partition coefficient (Wildman–Crippen LogP) is 0.393. The van der Waals surface area contributed by atoms with Crippen molar-refractivity contribution in [3.05, 3.63) is 0 Å². The Morgan fingerprint density at radius 3 is 2.80 bits per heavy atom. The lowest BCUT2D eigenvalue weighted by molar-refractivity contribution is -0.143. The molecule has 0 radical (unpaired) electrons. The molecule has 0 bridgehead atoms. The molecule has 4 heteroatoms. The fourth-order valence-corrected chi connectivity index (χ4v) is 2.33. The van der Waals surface area contributed by atoms with E-state index in [1.807, 2.05) is 0 Å². The standard InChI is InChI=1S/C11H20N2O2/c1-13-5-2-9(7-13)6-12-8-11(3-4-11)10(14)15/h9,12H,2-8H2,1H3,(H,14,15). The summed E-state index contributed by atoms with van der Waals surface area (Å²) in [6.07, 6.45) is 2.93. The average Bonchev–Trinajstić information content (AvgIpc) is 2.86. The molecule has 2 fully saturated rings. The van der Waals surface area contributed by atoms with Gasteiger partial charge in [0.1, 0.15) is 0 Å². The Balaban J connectivity index is 1.65. The fraction of sp³-hybridized carbons (Fsp3) is 0.909. The Morgan fingerprint density at radius 2 is 2.33 bits per heavy atom. The largest absolute Gasteiger partial charge is 0.481 e. The lowest BCUT2D eigenvalue weighted by Gasteiger charge is -2.14. The summed E-state index contributed by atoms with van der Waals surface area (Å²) in [6, 6.07) is 0. The molecule has 1 atom stereocenters. The third-order valence-corrected chi connectivity index (χ3v) is 3.69. The highest BCUT2D eigenvalue weighted by Gasteiger charge is 2.49. The lowest BCUT2D eigenvalue weighted by atomic mass is 10.1. The van der Waals surface area contributed by atoms with Crippen LogP contribution in [0, 0.1) is 11.3 Å². The summed E-state index contributed by atoms with van der Waals surface area (Å²) < 4.78 is 0. The summed E-state index contributed by atoms with van der Waals surface area (Å²) in [5, 5.41) is 12.3. The zero-order chi connectivity index (χ0) is 10.9. The van der Waals surface area contributed by atoms with Gasteiger partial charge in [0.2, 0.25) is 0 Å². The molecule has 0 amide bonds. The maximum Gasteiger partial charge on any atom is 0.310 e. The van der Waals surface area contributed by atoms with Crippen LogP contribution in [0.3, 0.4) is 0 Å². The first-order chi connectivity index (χ1) is 7.12. The first kappa shape index (κ1) is 10.9. The van der Waals surface area contributed by atoms with Crippen molar-refractivity contribution in [3.63, 3.8) is 0 Å². The molecule has 2 aliphatic rings. The van der Waals surface area contributed by atoms with E-state index in [9.17, 15) is 4.79 Å². The third kappa shape index (κ3) is 2.49. The number of carboxylic acids is 1. The van der Waals surface area contributed by atoms with Gasteiger partial charge in [-0.2, -0.15) is 0 Å². The summed E-state index contributed by atoms with van der Waals surface area (Å²) in [5.41, 5.74) is -0.412. The van der Waals surface area contributed by atoms with Gasteiger partial charge >= 0.3 is 5.97 Å². The van der Waals surface area contributed by atoms with Crippen LogP contribution in [-0.4, -0.2) is 49.2 Å². The molecule has 86 valence electrons. The molecular weight excluding hydrogens is 192 g/mol. The minimum atomic E-state index is -0.626. The Labute approximate surface area is 90.6 Å². The molecule has 0 spiro atoms. The van der Waals surface area contributed by atoms with E-state index >= 15 is 0 Å². The summed E-state index contributed by atoms with van der Waals surface area (Å²) in [4.78, 5) is 13.2. The molecule has 1 unspecified atom stereocenters. The van der Waals surface area contributed by atoms with E-state index in [0.29, 0.717) is 12.5 Å². The molecule has 1 saturated heterocycles. The van der Waals surface area contributed by atoms with E-state index in [-0.39, 0.29) is 0 Å². The number of aliphatic carboxylic acids is 1. The molecule has 0 aromatic rings. The minimum absolute atomic E-state index is 0.412. The van der Waals surface area contributed by atoms with Gasteiger partial charge in [-0.15, -0.1) is 0 Å². The zero-order valence-corrected chi connectivity index (χ0v) is 9.33. The quantitative estimate of drug-likeness (QED) is 0.692. The van der Waals surface area contributed by atoms with Gasteiger partial charge in [0.15, 0.2) is 0 Å². The van der Waals surface area contributed by atoms with Crippen LogP contribution in [0.4, 0.5) is 0 Å². The van der Waals surface area contributed by atoms with Crippen LogP contribution in [0.25, 0.3) is 0 Å². The molecule has 2 rings (SSSR count). The Kier molecular flexibility index (Phi) is 2.98. The molecule has 1 heterocycles. The van der Waals surface area contributed by atoms with E-state index < -0.39 is 11.4 Å². The Hall–Kier alpha value is -0.610. The summed E-state index contributed by atoms with van der Waals surface area (Å²) in [5.74, 6) is 0.0816. The Bertz CT molecular complexity index is 251. The molecule has 0 aromatic heterocycles. The van der Waals surface area contributed by atoms with Crippen molar-refractivity contribution >= 4 is 5.97 Å². The first-order valence-electron chi connectivity index (χ1n) is 5.75.